The highest BCUT2D eigenvalue weighted by atomic mass is 32.2. The molecule has 0 spiro atoms. The van der Waals surface area contributed by atoms with E-state index in [1.165, 1.54) is 6.26 Å². The second-order valence-corrected chi connectivity index (χ2v) is 6.50. The molecule has 1 rings (SSSR count). The van der Waals surface area contributed by atoms with Gasteiger partial charge in [0.25, 0.3) is 5.91 Å². The molecule has 0 saturated heterocycles. The van der Waals surface area contributed by atoms with Gasteiger partial charge >= 0.3 is 0 Å². The van der Waals surface area contributed by atoms with Gasteiger partial charge in [-0.3, -0.25) is 4.79 Å². The number of amides is 1. The van der Waals surface area contributed by atoms with Gasteiger partial charge in [-0.15, -0.1) is 0 Å². The monoisotopic (exact) mass is 301 g/mol. The van der Waals surface area contributed by atoms with Crippen LogP contribution in [0.2, 0.25) is 0 Å². The third-order valence-electron chi connectivity index (χ3n) is 2.41. The van der Waals surface area contributed by atoms with Crippen LogP contribution in [0.5, 0.6) is 0 Å². The molecule has 0 saturated carbocycles. The summed E-state index contributed by atoms with van der Waals surface area (Å²) < 4.78 is 27.3. The topological polar surface area (TPSA) is 92.7 Å². The average molecular weight is 301 g/mol. The van der Waals surface area contributed by atoms with Crippen LogP contribution in [0.3, 0.4) is 0 Å². The zero-order chi connectivity index (χ0) is 15.0. The van der Waals surface area contributed by atoms with E-state index in [-0.39, 0.29) is 24.9 Å². The van der Waals surface area contributed by atoms with Crippen molar-refractivity contribution < 1.29 is 23.1 Å². The fourth-order valence-electron chi connectivity index (χ4n) is 1.56. The summed E-state index contributed by atoms with van der Waals surface area (Å²) in [6, 6.07) is 6.42. The number of carbonyl (C=O) groups is 1. The van der Waals surface area contributed by atoms with Crippen molar-refractivity contribution in [1.82, 2.24) is 5.32 Å². The van der Waals surface area contributed by atoms with Crippen LogP contribution in [0.25, 0.3) is 0 Å². The van der Waals surface area contributed by atoms with Crippen molar-refractivity contribution in [3.8, 4) is 0 Å². The van der Waals surface area contributed by atoms with Crippen LogP contribution in [0.1, 0.15) is 15.9 Å². The summed E-state index contributed by atoms with van der Waals surface area (Å²) >= 11 is 0. The number of ether oxygens (including phenoxy) is 1. The lowest BCUT2D eigenvalue weighted by Gasteiger charge is -2.06. The number of hydrogen-bond donors (Lipinski definition) is 2. The molecule has 1 aromatic carbocycles. The summed E-state index contributed by atoms with van der Waals surface area (Å²) in [5.41, 5.74) is 1.11. The van der Waals surface area contributed by atoms with Gasteiger partial charge in [0.15, 0.2) is 9.84 Å². The summed E-state index contributed by atoms with van der Waals surface area (Å²) in [6.07, 6.45) is 1.17. The molecule has 0 bridgehead atoms. The summed E-state index contributed by atoms with van der Waals surface area (Å²) in [5, 5.41) is 11.2. The minimum atomic E-state index is -3.07. The minimum Gasteiger partial charge on any atom is -0.394 e. The number of rotatable bonds is 8. The van der Waals surface area contributed by atoms with Crippen molar-refractivity contribution in [1.29, 1.82) is 0 Å². The number of hydrogen-bond acceptors (Lipinski definition) is 5. The van der Waals surface area contributed by atoms with Crippen LogP contribution in [-0.2, 0) is 20.3 Å². The molecule has 1 amide bonds. The first-order valence-electron chi connectivity index (χ1n) is 6.16. The van der Waals surface area contributed by atoms with Crippen molar-refractivity contribution in [2.75, 3.05) is 32.6 Å². The zero-order valence-corrected chi connectivity index (χ0v) is 12.1. The second-order valence-electron chi connectivity index (χ2n) is 4.36. The lowest BCUT2D eigenvalue weighted by molar-refractivity contribution is 0.0838. The maximum Gasteiger partial charge on any atom is 0.251 e. The Kier molecular flexibility index (Phi) is 6.63. The Balaban J connectivity index is 2.45. The van der Waals surface area contributed by atoms with Crippen molar-refractivity contribution in [3.05, 3.63) is 35.4 Å². The normalized spacial score (nSPS) is 11.3. The average Bonchev–Trinajstić information content (AvgIpc) is 2.37. The first kappa shape index (κ1) is 16.6. The molecule has 20 heavy (non-hydrogen) atoms. The van der Waals surface area contributed by atoms with E-state index < -0.39 is 9.84 Å². The number of nitrogens with one attached hydrogen (secondary N) is 1. The Hall–Kier alpha value is -1.44. The lowest BCUT2D eigenvalue weighted by Crippen LogP contribution is -2.27. The SMILES string of the molecule is CS(=O)(=O)Cc1ccc(C(=O)NCCOCCO)cc1. The van der Waals surface area contributed by atoms with Gasteiger partial charge in [0.2, 0.25) is 0 Å². The highest BCUT2D eigenvalue weighted by molar-refractivity contribution is 7.89. The van der Waals surface area contributed by atoms with E-state index in [9.17, 15) is 13.2 Å². The molecule has 0 fully saturated rings. The van der Waals surface area contributed by atoms with Crippen molar-refractivity contribution in [3.63, 3.8) is 0 Å². The lowest BCUT2D eigenvalue weighted by atomic mass is 10.1. The summed E-state index contributed by atoms with van der Waals surface area (Å²) in [5.74, 6) is -0.285. The van der Waals surface area contributed by atoms with E-state index in [1.807, 2.05) is 0 Å². The van der Waals surface area contributed by atoms with Gasteiger partial charge < -0.3 is 15.2 Å². The van der Waals surface area contributed by atoms with Crippen molar-refractivity contribution in [2.24, 2.45) is 0 Å². The summed E-state index contributed by atoms with van der Waals surface area (Å²) in [6.45, 7) is 0.883. The number of sulfone groups is 1. The maximum absolute atomic E-state index is 11.7. The predicted molar refractivity (Wildman–Crippen MR) is 75.2 cm³/mol. The standard InChI is InChI=1S/C13H19NO5S/c1-20(17,18)10-11-2-4-12(5-3-11)13(16)14-6-8-19-9-7-15/h2-5,15H,6-10H2,1H3,(H,14,16). The van der Waals surface area contributed by atoms with Gasteiger partial charge in [-0.05, 0) is 17.7 Å². The maximum atomic E-state index is 11.7. The highest BCUT2D eigenvalue weighted by Crippen LogP contribution is 2.07. The third kappa shape index (κ3) is 6.65. The van der Waals surface area contributed by atoms with Gasteiger partial charge in [0.05, 0.1) is 25.6 Å². The van der Waals surface area contributed by atoms with Gasteiger partial charge in [-0.25, -0.2) is 8.42 Å². The fraction of sp³-hybridized carbons (Fsp3) is 0.462. The molecular weight excluding hydrogens is 282 g/mol. The van der Waals surface area contributed by atoms with Crippen molar-refractivity contribution >= 4 is 15.7 Å². The van der Waals surface area contributed by atoms with Gasteiger partial charge in [0, 0.05) is 18.4 Å². The van der Waals surface area contributed by atoms with E-state index in [4.69, 9.17) is 9.84 Å². The molecule has 0 radical (unpaired) electrons. The number of aliphatic hydroxyl groups excluding tert-OH is 1. The first-order valence-corrected chi connectivity index (χ1v) is 8.22. The Morgan fingerprint density at radius 3 is 2.45 bits per heavy atom. The van der Waals surface area contributed by atoms with Crippen molar-refractivity contribution in [2.45, 2.75) is 5.75 Å². The van der Waals surface area contributed by atoms with E-state index >= 15 is 0 Å². The Bertz CT molecular complexity index is 524. The molecular formula is C13H19NO5S. The summed E-state index contributed by atoms with van der Waals surface area (Å²) in [4.78, 5) is 11.7. The molecule has 0 heterocycles. The van der Waals surface area contributed by atoms with Crippen LogP contribution < -0.4 is 5.32 Å². The summed E-state index contributed by atoms with van der Waals surface area (Å²) in [7, 11) is -3.07. The zero-order valence-electron chi connectivity index (χ0n) is 11.3. The predicted octanol–water partition coefficient (Wildman–Crippen LogP) is -0.0301. The molecule has 0 atom stereocenters. The molecule has 7 heteroatoms. The molecule has 0 aromatic heterocycles. The molecule has 6 nitrogen and oxygen atoms in total. The molecule has 0 unspecified atom stereocenters. The van der Waals surface area contributed by atoms with Crippen LogP contribution in [-0.4, -0.2) is 52.1 Å². The Labute approximate surface area is 118 Å². The van der Waals surface area contributed by atoms with Crippen LogP contribution in [0, 0.1) is 0 Å². The number of benzene rings is 1. The Morgan fingerprint density at radius 2 is 1.90 bits per heavy atom. The largest absolute Gasteiger partial charge is 0.394 e. The van der Waals surface area contributed by atoms with Gasteiger partial charge in [0.1, 0.15) is 0 Å². The Morgan fingerprint density at radius 1 is 1.25 bits per heavy atom. The number of aliphatic hydroxyl groups is 1. The van der Waals surface area contributed by atoms with E-state index in [0.717, 1.165) is 0 Å². The molecule has 0 aliphatic carbocycles. The first-order chi connectivity index (χ1) is 9.42. The van der Waals surface area contributed by atoms with Crippen LogP contribution in [0.4, 0.5) is 0 Å². The fourth-order valence-corrected chi connectivity index (χ4v) is 2.36. The molecule has 2 N–H and O–H groups in total. The van der Waals surface area contributed by atoms with Crippen LogP contribution >= 0.6 is 0 Å². The molecule has 112 valence electrons. The van der Waals surface area contributed by atoms with E-state index in [2.05, 4.69) is 5.32 Å². The molecule has 0 aliphatic heterocycles. The smallest absolute Gasteiger partial charge is 0.251 e. The van der Waals surface area contributed by atoms with Crippen LogP contribution in [0.15, 0.2) is 24.3 Å². The quantitative estimate of drug-likeness (QED) is 0.658. The van der Waals surface area contributed by atoms with Gasteiger partial charge in [-0.1, -0.05) is 12.1 Å². The van der Waals surface area contributed by atoms with Gasteiger partial charge in [-0.2, -0.15) is 0 Å². The second kappa shape index (κ2) is 7.98. The van der Waals surface area contributed by atoms with E-state index in [0.29, 0.717) is 24.3 Å². The number of carbonyl (C=O) groups excluding carboxylic acids is 1. The molecule has 1 aromatic rings. The van der Waals surface area contributed by atoms with E-state index in [1.54, 1.807) is 24.3 Å². The third-order valence-corrected chi connectivity index (χ3v) is 3.27. The highest BCUT2D eigenvalue weighted by Gasteiger charge is 2.07. The molecule has 0 aliphatic rings. The minimum absolute atomic E-state index is 0.0378.